The Bertz CT molecular complexity index is 219. The van der Waals surface area contributed by atoms with Crippen molar-refractivity contribution in [3.05, 3.63) is 0 Å². The van der Waals surface area contributed by atoms with Crippen molar-refractivity contribution in [2.75, 3.05) is 26.2 Å². The van der Waals surface area contributed by atoms with Crippen LogP contribution in [0, 0.1) is 5.41 Å². The van der Waals surface area contributed by atoms with Crippen LogP contribution in [-0.2, 0) is 0 Å². The van der Waals surface area contributed by atoms with E-state index in [1.165, 1.54) is 0 Å². The smallest absolute Gasteiger partial charge is 0.179 e. The lowest BCUT2D eigenvalue weighted by molar-refractivity contribution is -0.0462. The van der Waals surface area contributed by atoms with Crippen molar-refractivity contribution in [2.45, 2.75) is 46.8 Å². The van der Waals surface area contributed by atoms with Crippen molar-refractivity contribution < 1.29 is 0 Å². The molecule has 0 fully saturated rings. The molecular weight excluding hydrogens is 236 g/mol. The second-order valence-corrected chi connectivity index (χ2v) is 3.70. The first-order valence-electron chi connectivity index (χ1n) is 6.30. The normalized spacial score (nSPS) is 11.2. The molecule has 0 aromatic heterocycles. The van der Waals surface area contributed by atoms with Crippen LogP contribution in [0.4, 0.5) is 0 Å². The van der Waals surface area contributed by atoms with Crippen LogP contribution in [0.3, 0.4) is 0 Å². The molecule has 0 aliphatic rings. The highest BCUT2D eigenvalue weighted by Crippen LogP contribution is 2.25. The van der Waals surface area contributed by atoms with E-state index in [2.05, 4.69) is 55.4 Å². The Morgan fingerprint density at radius 3 is 1.47 bits per heavy atom. The van der Waals surface area contributed by atoms with Crippen LogP contribution in [0.5, 0.6) is 0 Å². The first kappa shape index (κ1) is 18.9. The molecule has 0 heterocycles. The Hall–Kier alpha value is -0.410. The van der Waals surface area contributed by atoms with E-state index in [4.69, 9.17) is 5.41 Å². The van der Waals surface area contributed by atoms with Gasteiger partial charge in [0, 0.05) is 0 Å². The van der Waals surface area contributed by atoms with Gasteiger partial charge in [-0.15, -0.1) is 12.4 Å². The summed E-state index contributed by atoms with van der Waals surface area (Å²) in [5.41, 5.74) is 0. The third kappa shape index (κ3) is 4.07. The van der Waals surface area contributed by atoms with Crippen LogP contribution in [0.1, 0.15) is 41.0 Å². The van der Waals surface area contributed by atoms with Gasteiger partial charge < -0.3 is 0 Å². The fourth-order valence-corrected chi connectivity index (χ4v) is 2.42. The molecule has 0 aliphatic carbocycles. The maximum atomic E-state index is 7.18. The van der Waals surface area contributed by atoms with Crippen LogP contribution in [0.2, 0.25) is 0 Å². The first-order chi connectivity index (χ1) is 7.66. The van der Waals surface area contributed by atoms with Crippen molar-refractivity contribution in [3.63, 3.8) is 0 Å². The van der Waals surface area contributed by atoms with Crippen LogP contribution < -0.4 is 0 Å². The molecule has 0 amide bonds. The molecule has 0 aliphatic heterocycles. The summed E-state index contributed by atoms with van der Waals surface area (Å²) >= 11 is 0. The van der Waals surface area contributed by atoms with Gasteiger partial charge in [-0.1, -0.05) is 34.6 Å². The van der Waals surface area contributed by atoms with E-state index in [0.717, 1.165) is 32.6 Å². The molecule has 0 saturated heterocycles. The number of nitrogens with zero attached hydrogens (tertiary/aromatic N) is 3. The minimum Gasteiger partial charge on any atom is -0.267 e. The van der Waals surface area contributed by atoms with Crippen molar-refractivity contribution in [1.29, 1.82) is 5.41 Å². The second kappa shape index (κ2) is 9.60. The van der Waals surface area contributed by atoms with Crippen molar-refractivity contribution >= 4 is 18.4 Å². The van der Waals surface area contributed by atoms with E-state index in [1.54, 1.807) is 0 Å². The summed E-state index contributed by atoms with van der Waals surface area (Å²) in [6.07, 6.45) is 0.877. The van der Waals surface area contributed by atoms with Crippen LogP contribution >= 0.6 is 12.4 Å². The van der Waals surface area contributed by atoms with Gasteiger partial charge in [0.1, 0.15) is 0 Å². The molecule has 0 unspecified atom stereocenters. The lowest BCUT2D eigenvalue weighted by Crippen LogP contribution is -2.59. The Balaban J connectivity index is 0. The van der Waals surface area contributed by atoms with Gasteiger partial charge in [-0.2, -0.15) is 4.99 Å². The summed E-state index contributed by atoms with van der Waals surface area (Å²) in [5.74, 6) is -0.380. The average molecular weight is 263 g/mol. The molecule has 0 aromatic rings. The minimum absolute atomic E-state index is 0. The van der Waals surface area contributed by atoms with E-state index < -0.39 is 0 Å². The van der Waals surface area contributed by atoms with Crippen molar-refractivity contribution in [3.8, 4) is 0 Å². The lowest BCUT2D eigenvalue weighted by Gasteiger charge is -2.45. The zero-order valence-corrected chi connectivity index (χ0v) is 12.6. The van der Waals surface area contributed by atoms with Crippen molar-refractivity contribution in [2.24, 2.45) is 4.99 Å². The van der Waals surface area contributed by atoms with Crippen LogP contribution in [0.15, 0.2) is 4.99 Å². The minimum atomic E-state index is -0.380. The highest BCUT2D eigenvalue weighted by Gasteiger charge is 2.37. The van der Waals surface area contributed by atoms with E-state index >= 15 is 0 Å². The van der Waals surface area contributed by atoms with Gasteiger partial charge >= 0.3 is 0 Å². The number of hydrogen-bond acceptors (Lipinski definition) is 4. The van der Waals surface area contributed by atoms with E-state index in [9.17, 15) is 0 Å². The molecular formula is C12H27ClN4. The number of aliphatic imine (C=N–C) groups is 1. The summed E-state index contributed by atoms with van der Waals surface area (Å²) in [6.45, 7) is 14.4. The number of halogens is 1. The largest absolute Gasteiger partial charge is 0.267 e. The molecule has 1 N–H and O–H groups in total. The number of hydrogen-bond donors (Lipinski definition) is 1. The average Bonchev–Trinajstić information content (AvgIpc) is 2.31. The summed E-state index contributed by atoms with van der Waals surface area (Å²) in [7, 11) is 0. The van der Waals surface area contributed by atoms with E-state index in [0.29, 0.717) is 0 Å². The molecule has 17 heavy (non-hydrogen) atoms. The maximum Gasteiger partial charge on any atom is 0.179 e. The maximum absolute atomic E-state index is 7.18. The summed E-state index contributed by atoms with van der Waals surface area (Å²) in [5, 5.41) is 7.18. The van der Waals surface area contributed by atoms with Gasteiger partial charge in [-0.25, -0.2) is 5.41 Å². The molecule has 5 heteroatoms. The molecule has 0 saturated carbocycles. The SMILES string of the molecule is CCN(CC)C(CC)(N=C=N)N(CC)CC.Cl. The Labute approximate surface area is 112 Å². The summed E-state index contributed by atoms with van der Waals surface area (Å²) < 4.78 is 0. The molecule has 0 rings (SSSR count). The third-order valence-electron chi connectivity index (χ3n) is 3.25. The predicted molar refractivity (Wildman–Crippen MR) is 76.3 cm³/mol. The molecule has 0 bridgehead atoms. The van der Waals surface area contributed by atoms with Crippen LogP contribution in [0.25, 0.3) is 0 Å². The number of rotatable bonds is 8. The van der Waals surface area contributed by atoms with Gasteiger partial charge in [0.05, 0.1) is 6.01 Å². The van der Waals surface area contributed by atoms with Crippen molar-refractivity contribution in [1.82, 2.24) is 9.80 Å². The monoisotopic (exact) mass is 262 g/mol. The summed E-state index contributed by atoms with van der Waals surface area (Å²) in [4.78, 5) is 8.91. The quantitative estimate of drug-likeness (QED) is 0.540. The predicted octanol–water partition coefficient (Wildman–Crippen LogP) is 2.91. The first-order valence-corrected chi connectivity index (χ1v) is 6.30. The molecule has 0 atom stereocenters. The fourth-order valence-electron chi connectivity index (χ4n) is 2.42. The Morgan fingerprint density at radius 1 is 0.941 bits per heavy atom. The second-order valence-electron chi connectivity index (χ2n) is 3.70. The Kier molecular flexibility index (Phi) is 10.7. The fraction of sp³-hybridized carbons (Fsp3) is 0.917. The standard InChI is InChI=1S/C12H26N4.ClH/c1-6-12(14-11-13,15(7-2)8-3)16(9-4)10-5;/h13H,6-10H2,1-5H3;1H. The van der Waals surface area contributed by atoms with Gasteiger partial charge in [-0.3, -0.25) is 9.80 Å². The van der Waals surface area contributed by atoms with Gasteiger partial charge in [0.2, 0.25) is 0 Å². The van der Waals surface area contributed by atoms with Gasteiger partial charge in [0.15, 0.2) is 5.79 Å². The van der Waals surface area contributed by atoms with Gasteiger partial charge in [-0.05, 0) is 32.6 Å². The number of nitrogens with one attached hydrogen (secondary N) is 1. The summed E-state index contributed by atoms with van der Waals surface area (Å²) in [6, 6.07) is 2.25. The van der Waals surface area contributed by atoms with Crippen LogP contribution in [-0.4, -0.2) is 47.8 Å². The topological polar surface area (TPSA) is 42.7 Å². The van der Waals surface area contributed by atoms with Gasteiger partial charge in [0.25, 0.3) is 0 Å². The molecule has 0 aromatic carbocycles. The zero-order valence-electron chi connectivity index (χ0n) is 11.8. The zero-order chi connectivity index (χ0) is 12.6. The Morgan fingerprint density at radius 2 is 1.29 bits per heavy atom. The molecule has 0 radical (unpaired) electrons. The highest BCUT2D eigenvalue weighted by molar-refractivity contribution is 5.85. The molecule has 102 valence electrons. The molecule has 4 nitrogen and oxygen atoms in total. The van der Waals surface area contributed by atoms with E-state index in [-0.39, 0.29) is 18.2 Å². The highest BCUT2D eigenvalue weighted by atomic mass is 35.5. The third-order valence-corrected chi connectivity index (χ3v) is 3.25. The van der Waals surface area contributed by atoms with E-state index in [1.807, 2.05) is 0 Å². The lowest BCUT2D eigenvalue weighted by atomic mass is 10.1. The molecule has 0 spiro atoms.